The fourth-order valence-corrected chi connectivity index (χ4v) is 2.30. The Balaban J connectivity index is 2.71. The molecule has 3 N–H and O–H groups in total. The van der Waals surface area contributed by atoms with E-state index in [1.165, 1.54) is 12.1 Å². The molecule has 94 valence electrons. The predicted octanol–water partition coefficient (Wildman–Crippen LogP) is 3.40. The highest BCUT2D eigenvalue weighted by Crippen LogP contribution is 2.38. The third-order valence-electron chi connectivity index (χ3n) is 3.20. The Morgan fingerprint density at radius 1 is 0.778 bits per heavy atom. The molecule has 3 nitrogen and oxygen atoms in total. The second-order valence-corrected chi connectivity index (χ2v) is 4.56. The van der Waals surface area contributed by atoms with Crippen molar-refractivity contribution in [3.63, 3.8) is 0 Å². The van der Waals surface area contributed by atoms with Gasteiger partial charge in [-0.2, -0.15) is 0 Å². The van der Waals surface area contributed by atoms with Gasteiger partial charge in [-0.1, -0.05) is 12.1 Å². The topological polar surface area (TPSA) is 60.7 Å². The van der Waals surface area contributed by atoms with Gasteiger partial charge in [-0.05, 0) is 60.7 Å². The third-order valence-corrected chi connectivity index (χ3v) is 3.20. The molecule has 0 aliphatic rings. The van der Waals surface area contributed by atoms with Crippen molar-refractivity contribution in [3.05, 3.63) is 41.0 Å². The van der Waals surface area contributed by atoms with Crippen LogP contribution >= 0.6 is 0 Å². The lowest BCUT2D eigenvalue weighted by atomic mass is 9.93. The van der Waals surface area contributed by atoms with Crippen LogP contribution < -0.4 is 0 Å². The van der Waals surface area contributed by atoms with E-state index < -0.39 is 0 Å². The van der Waals surface area contributed by atoms with Gasteiger partial charge in [-0.3, -0.25) is 0 Å². The van der Waals surface area contributed by atoms with Gasteiger partial charge in [0, 0.05) is 0 Å². The molecule has 18 heavy (non-hydrogen) atoms. The van der Waals surface area contributed by atoms with Gasteiger partial charge in [0.25, 0.3) is 0 Å². The van der Waals surface area contributed by atoms with Crippen LogP contribution in [0.2, 0.25) is 0 Å². The Bertz CT molecular complexity index is 616. The molecule has 0 heterocycles. The maximum atomic E-state index is 9.98. The first kappa shape index (κ1) is 12.3. The largest absolute Gasteiger partial charge is 0.507 e. The first-order valence-corrected chi connectivity index (χ1v) is 5.74. The highest BCUT2D eigenvalue weighted by atomic mass is 16.3. The summed E-state index contributed by atoms with van der Waals surface area (Å²) in [4.78, 5) is 0. The highest BCUT2D eigenvalue weighted by Gasteiger charge is 2.13. The van der Waals surface area contributed by atoms with Crippen molar-refractivity contribution < 1.29 is 15.3 Å². The quantitative estimate of drug-likeness (QED) is 0.674. The molecule has 2 aromatic rings. The van der Waals surface area contributed by atoms with Crippen LogP contribution in [0.3, 0.4) is 0 Å². The van der Waals surface area contributed by atoms with Crippen molar-refractivity contribution in [1.82, 2.24) is 0 Å². The molecule has 2 aromatic carbocycles. The minimum atomic E-state index is -0.161. The number of rotatable bonds is 1. The van der Waals surface area contributed by atoms with Crippen molar-refractivity contribution >= 4 is 0 Å². The Labute approximate surface area is 106 Å². The van der Waals surface area contributed by atoms with Crippen LogP contribution in [0.5, 0.6) is 17.2 Å². The van der Waals surface area contributed by atoms with E-state index in [1.807, 2.05) is 26.8 Å². The van der Waals surface area contributed by atoms with E-state index in [0.717, 1.165) is 27.8 Å². The zero-order valence-corrected chi connectivity index (χ0v) is 10.7. The van der Waals surface area contributed by atoms with Crippen molar-refractivity contribution in [2.45, 2.75) is 20.8 Å². The predicted molar refractivity (Wildman–Crippen MR) is 71.1 cm³/mol. The summed E-state index contributed by atoms with van der Waals surface area (Å²) in [7, 11) is 0. The molecule has 0 radical (unpaired) electrons. The number of hydrogen-bond donors (Lipinski definition) is 3. The maximum Gasteiger partial charge on any atom is 0.158 e. The van der Waals surface area contributed by atoms with Gasteiger partial charge in [0.15, 0.2) is 11.5 Å². The summed E-state index contributed by atoms with van der Waals surface area (Å²) < 4.78 is 0. The molecule has 0 atom stereocenters. The van der Waals surface area contributed by atoms with E-state index in [1.54, 1.807) is 6.07 Å². The molecule has 0 saturated carbocycles. The molecule has 2 rings (SSSR count). The van der Waals surface area contributed by atoms with Crippen molar-refractivity contribution in [2.75, 3.05) is 0 Å². The molecule has 0 spiro atoms. The third kappa shape index (κ3) is 1.88. The van der Waals surface area contributed by atoms with E-state index in [-0.39, 0.29) is 17.2 Å². The van der Waals surface area contributed by atoms with Gasteiger partial charge in [-0.25, -0.2) is 0 Å². The van der Waals surface area contributed by atoms with Gasteiger partial charge in [0.05, 0.1) is 0 Å². The lowest BCUT2D eigenvalue weighted by Crippen LogP contribution is -1.91. The molecule has 0 aliphatic carbocycles. The van der Waals surface area contributed by atoms with Gasteiger partial charge < -0.3 is 15.3 Å². The Morgan fingerprint density at radius 3 is 2.06 bits per heavy atom. The first-order chi connectivity index (χ1) is 8.41. The first-order valence-electron chi connectivity index (χ1n) is 5.74. The summed E-state index contributed by atoms with van der Waals surface area (Å²) in [6.45, 7) is 5.65. The molecular weight excluding hydrogens is 228 g/mol. The molecular formula is C15H16O3. The van der Waals surface area contributed by atoms with E-state index in [4.69, 9.17) is 0 Å². The Morgan fingerprint density at radius 2 is 1.44 bits per heavy atom. The number of hydrogen-bond acceptors (Lipinski definition) is 3. The second kappa shape index (κ2) is 4.26. The summed E-state index contributed by atoms with van der Waals surface area (Å²) in [6, 6.07) is 6.57. The van der Waals surface area contributed by atoms with E-state index in [9.17, 15) is 15.3 Å². The molecule has 0 saturated heterocycles. The summed E-state index contributed by atoms with van der Waals surface area (Å²) in [5.74, 6) is -0.0417. The van der Waals surface area contributed by atoms with Crippen LogP contribution in [-0.4, -0.2) is 15.3 Å². The van der Waals surface area contributed by atoms with E-state index in [2.05, 4.69) is 0 Å². The van der Waals surface area contributed by atoms with Crippen LogP contribution in [-0.2, 0) is 0 Å². The number of aryl methyl sites for hydroxylation is 2. The lowest BCUT2D eigenvalue weighted by Gasteiger charge is -2.14. The molecule has 0 aromatic heterocycles. The molecule has 3 heteroatoms. The fraction of sp³-hybridized carbons (Fsp3) is 0.200. The lowest BCUT2D eigenvalue weighted by molar-refractivity contribution is 0.404. The highest BCUT2D eigenvalue weighted by molar-refractivity contribution is 5.75. The van der Waals surface area contributed by atoms with E-state index >= 15 is 0 Å². The Hall–Kier alpha value is -2.16. The molecule has 0 aliphatic heterocycles. The van der Waals surface area contributed by atoms with Crippen LogP contribution in [0.15, 0.2) is 24.3 Å². The number of benzene rings is 2. The minimum absolute atomic E-state index is 0.148. The van der Waals surface area contributed by atoms with Gasteiger partial charge in [0.2, 0.25) is 0 Å². The molecule has 0 amide bonds. The second-order valence-electron chi connectivity index (χ2n) is 4.56. The number of aromatic hydroxyl groups is 3. The summed E-state index contributed by atoms with van der Waals surface area (Å²) in [6.07, 6.45) is 0. The smallest absolute Gasteiger partial charge is 0.158 e. The van der Waals surface area contributed by atoms with E-state index in [0.29, 0.717) is 0 Å². The zero-order chi connectivity index (χ0) is 13.4. The average Bonchev–Trinajstić information content (AvgIpc) is 2.31. The van der Waals surface area contributed by atoms with Gasteiger partial charge >= 0.3 is 0 Å². The standard InChI is InChI=1S/C15H16O3/c1-8-6-9(2)15(18)10(3)14(8)11-4-5-12(16)13(17)7-11/h4-7,16-18H,1-3H3. The van der Waals surface area contributed by atoms with Crippen LogP contribution in [0.25, 0.3) is 11.1 Å². The van der Waals surface area contributed by atoms with Crippen LogP contribution in [0.1, 0.15) is 16.7 Å². The minimum Gasteiger partial charge on any atom is -0.507 e. The Kier molecular flexibility index (Phi) is 2.91. The molecule has 0 fully saturated rings. The van der Waals surface area contributed by atoms with Crippen LogP contribution in [0.4, 0.5) is 0 Å². The monoisotopic (exact) mass is 244 g/mol. The maximum absolute atomic E-state index is 9.98. The van der Waals surface area contributed by atoms with Crippen molar-refractivity contribution in [1.29, 1.82) is 0 Å². The average molecular weight is 244 g/mol. The summed E-state index contributed by atoms with van der Waals surface area (Å²) in [5.41, 5.74) is 4.28. The van der Waals surface area contributed by atoms with Gasteiger partial charge in [0.1, 0.15) is 5.75 Å². The summed E-state index contributed by atoms with van der Waals surface area (Å²) in [5, 5.41) is 28.9. The molecule has 0 unspecified atom stereocenters. The normalized spacial score (nSPS) is 10.6. The fourth-order valence-electron chi connectivity index (χ4n) is 2.30. The van der Waals surface area contributed by atoms with Gasteiger partial charge in [-0.15, -0.1) is 0 Å². The van der Waals surface area contributed by atoms with Crippen molar-refractivity contribution in [3.8, 4) is 28.4 Å². The molecule has 0 bridgehead atoms. The summed E-state index contributed by atoms with van der Waals surface area (Å²) >= 11 is 0. The number of phenolic OH excluding ortho intramolecular Hbond substituents is 3. The zero-order valence-electron chi connectivity index (χ0n) is 10.7. The SMILES string of the molecule is Cc1cc(C)c(-c2ccc(O)c(O)c2)c(C)c1O. The van der Waals surface area contributed by atoms with Crippen LogP contribution in [0, 0.1) is 20.8 Å². The number of phenols is 3. The van der Waals surface area contributed by atoms with Crippen molar-refractivity contribution in [2.24, 2.45) is 0 Å².